The monoisotopic (exact) mass is 589 g/mol. The molecule has 0 bridgehead atoms. The number of rotatable bonds is 14. The van der Waals surface area contributed by atoms with Crippen LogP contribution in [-0.4, -0.2) is 54.0 Å². The van der Waals surface area contributed by atoms with E-state index < -0.39 is 48.3 Å². The lowest BCUT2D eigenvalue weighted by Crippen LogP contribution is -2.57. The molecule has 1 saturated heterocycles. The molecular weight excluding hydrogens is 553 g/mol. The van der Waals surface area contributed by atoms with Crippen LogP contribution in [0.5, 0.6) is 0 Å². The summed E-state index contributed by atoms with van der Waals surface area (Å²) < 4.78 is 23.6. The lowest BCUT2D eigenvalue weighted by atomic mass is 9.94. The molecule has 1 aliphatic heterocycles. The fourth-order valence-corrected chi connectivity index (χ4v) is 4.46. The van der Waals surface area contributed by atoms with Gasteiger partial charge in [0.15, 0.2) is 5.78 Å². The molecule has 1 heterocycles. The van der Waals surface area contributed by atoms with Crippen molar-refractivity contribution in [3.05, 3.63) is 107 Å². The third-order valence-corrected chi connectivity index (χ3v) is 7.20. The zero-order chi connectivity index (χ0) is 30.8. The minimum atomic E-state index is -1.10. The zero-order valence-electron chi connectivity index (χ0n) is 24.2. The number of epoxide rings is 1. The third kappa shape index (κ3) is 9.21. The van der Waals surface area contributed by atoms with Crippen molar-refractivity contribution in [3.8, 4) is 0 Å². The van der Waals surface area contributed by atoms with Gasteiger partial charge in [-0.1, -0.05) is 84.9 Å². The number of ketones is 1. The highest BCUT2D eigenvalue weighted by Crippen LogP contribution is 2.29. The Morgan fingerprint density at radius 3 is 1.86 bits per heavy atom. The molecule has 3 aromatic rings. The van der Waals surface area contributed by atoms with E-state index in [-0.39, 0.29) is 31.8 Å². The molecule has 0 spiro atoms. The first kappa shape index (κ1) is 31.4. The molecule has 10 heteroatoms. The highest BCUT2D eigenvalue weighted by molar-refractivity contribution is 5.98. The average Bonchev–Trinajstić information content (AvgIpc) is 3.78. The molecule has 3 N–H and O–H groups in total. The maximum Gasteiger partial charge on any atom is 0.408 e. The highest BCUT2D eigenvalue weighted by Gasteiger charge is 2.50. The van der Waals surface area contributed by atoms with Crippen molar-refractivity contribution in [2.45, 2.75) is 63.7 Å². The summed E-state index contributed by atoms with van der Waals surface area (Å²) in [5, 5.41) is 8.00. The second kappa shape index (κ2) is 14.6. The first-order chi connectivity index (χ1) is 20.7. The smallest absolute Gasteiger partial charge is 0.408 e. The van der Waals surface area contributed by atoms with Crippen molar-refractivity contribution in [2.75, 3.05) is 6.61 Å². The number of halogens is 1. The van der Waals surface area contributed by atoms with Crippen LogP contribution >= 0.6 is 0 Å². The second-order valence-corrected chi connectivity index (χ2v) is 10.8. The summed E-state index contributed by atoms with van der Waals surface area (Å²) in [4.78, 5) is 52.4. The zero-order valence-corrected chi connectivity index (χ0v) is 24.2. The topological polar surface area (TPSA) is 126 Å². The van der Waals surface area contributed by atoms with E-state index in [1.54, 1.807) is 43.3 Å². The molecule has 0 aromatic heterocycles. The Morgan fingerprint density at radius 1 is 0.767 bits per heavy atom. The number of carbonyl (C=O) groups is 4. The van der Waals surface area contributed by atoms with Gasteiger partial charge in [0.2, 0.25) is 11.8 Å². The maximum absolute atomic E-state index is 13.7. The molecule has 1 fully saturated rings. The molecule has 0 radical (unpaired) electrons. The predicted octanol–water partition coefficient (Wildman–Crippen LogP) is 3.58. The molecule has 226 valence electrons. The van der Waals surface area contributed by atoms with E-state index in [9.17, 15) is 23.6 Å². The normalized spacial score (nSPS) is 17.6. The number of carbonyl (C=O) groups excluding carboxylic acids is 4. The van der Waals surface area contributed by atoms with Gasteiger partial charge in [-0.2, -0.15) is 0 Å². The van der Waals surface area contributed by atoms with Crippen molar-refractivity contribution in [2.24, 2.45) is 0 Å². The number of ether oxygens (including phenoxy) is 2. The number of alkyl halides is 1. The van der Waals surface area contributed by atoms with Gasteiger partial charge in [0.25, 0.3) is 0 Å². The van der Waals surface area contributed by atoms with Crippen LogP contribution in [0.3, 0.4) is 0 Å². The number of Topliss-reactive ketones (excluding diaryl/α,β-unsaturated/α-hetero) is 1. The van der Waals surface area contributed by atoms with E-state index in [4.69, 9.17) is 9.47 Å². The summed E-state index contributed by atoms with van der Waals surface area (Å²) in [5.41, 5.74) is 1.80. The summed E-state index contributed by atoms with van der Waals surface area (Å²) in [7, 11) is 0. The molecule has 3 amide bonds. The van der Waals surface area contributed by atoms with E-state index in [0.717, 1.165) is 11.1 Å². The van der Waals surface area contributed by atoms with Crippen LogP contribution in [0.1, 0.15) is 36.1 Å². The van der Waals surface area contributed by atoms with Crippen LogP contribution in [0.25, 0.3) is 0 Å². The van der Waals surface area contributed by atoms with E-state index >= 15 is 0 Å². The van der Waals surface area contributed by atoms with Crippen LogP contribution in [0, 0.1) is 0 Å². The van der Waals surface area contributed by atoms with Crippen molar-refractivity contribution < 1.29 is 33.0 Å². The van der Waals surface area contributed by atoms with Crippen LogP contribution in [0.15, 0.2) is 84.9 Å². The van der Waals surface area contributed by atoms with Crippen molar-refractivity contribution in [1.82, 2.24) is 16.0 Å². The fourth-order valence-electron chi connectivity index (χ4n) is 4.46. The Bertz CT molecular complexity index is 1400. The predicted molar refractivity (Wildman–Crippen MR) is 158 cm³/mol. The van der Waals surface area contributed by atoms with Gasteiger partial charge < -0.3 is 25.4 Å². The average molecular weight is 590 g/mol. The van der Waals surface area contributed by atoms with Gasteiger partial charge in [0.1, 0.15) is 31.0 Å². The summed E-state index contributed by atoms with van der Waals surface area (Å²) in [5.74, 6) is -1.47. The van der Waals surface area contributed by atoms with Crippen LogP contribution in [0.2, 0.25) is 0 Å². The minimum Gasteiger partial charge on any atom is -0.445 e. The summed E-state index contributed by atoms with van der Waals surface area (Å²) >= 11 is 0. The SMILES string of the molecule is C[C@H](NC(=O)OCc1ccccc1)C(=O)N[C@@H](Cc1ccc(CF)cc1)C(=O)N[C@@H](Cc1ccccc1)C(=O)[C@@]1(C)CO1. The van der Waals surface area contributed by atoms with Gasteiger partial charge in [0, 0.05) is 6.42 Å². The quantitative estimate of drug-likeness (QED) is 0.247. The fraction of sp³-hybridized carbons (Fsp3) is 0.333. The van der Waals surface area contributed by atoms with Gasteiger partial charge in [-0.3, -0.25) is 14.4 Å². The second-order valence-electron chi connectivity index (χ2n) is 10.8. The number of hydrogen-bond donors (Lipinski definition) is 3. The van der Waals surface area contributed by atoms with Crippen LogP contribution < -0.4 is 16.0 Å². The minimum absolute atomic E-state index is 0.0282. The number of nitrogens with one attached hydrogen (secondary N) is 3. The third-order valence-electron chi connectivity index (χ3n) is 7.20. The molecule has 3 aromatic carbocycles. The number of amides is 3. The van der Waals surface area contributed by atoms with Crippen LogP contribution in [0.4, 0.5) is 9.18 Å². The molecular formula is C33H36FN3O6. The highest BCUT2D eigenvalue weighted by atomic mass is 19.1. The van der Waals surface area contributed by atoms with Crippen LogP contribution in [-0.2, 0) is 50.0 Å². The van der Waals surface area contributed by atoms with Gasteiger partial charge in [-0.15, -0.1) is 0 Å². The van der Waals surface area contributed by atoms with Gasteiger partial charge in [-0.05, 0) is 42.5 Å². The first-order valence-electron chi connectivity index (χ1n) is 14.1. The Kier molecular flexibility index (Phi) is 10.6. The molecule has 0 aliphatic carbocycles. The van der Waals surface area contributed by atoms with Gasteiger partial charge in [-0.25, -0.2) is 9.18 Å². The largest absolute Gasteiger partial charge is 0.445 e. The molecule has 43 heavy (non-hydrogen) atoms. The molecule has 4 atom stereocenters. The van der Waals surface area contributed by atoms with Crippen molar-refractivity contribution in [1.29, 1.82) is 0 Å². The van der Waals surface area contributed by atoms with Crippen molar-refractivity contribution in [3.63, 3.8) is 0 Å². The molecule has 4 rings (SSSR count). The molecule has 0 unspecified atom stereocenters. The standard InChI is InChI=1S/C33H36FN3O6/c1-22(35-32(41)42-20-26-11-7-4-8-12-26)30(39)37-28(18-24-13-15-25(19-34)16-14-24)31(40)36-27(29(38)33(2)21-43-33)17-23-9-5-3-6-10-23/h3-16,22,27-28H,17-21H2,1-2H3,(H,35,41)(H,36,40)(H,37,39)/t22-,27-,28-,33+/m0/s1. The first-order valence-corrected chi connectivity index (χ1v) is 14.1. The summed E-state index contributed by atoms with van der Waals surface area (Å²) in [6, 6.07) is 21.9. The van der Waals surface area contributed by atoms with Crippen molar-refractivity contribution >= 4 is 23.7 Å². The van der Waals surface area contributed by atoms with E-state index in [1.165, 1.54) is 6.92 Å². The summed E-state index contributed by atoms with van der Waals surface area (Å²) in [6.45, 7) is 2.80. The maximum atomic E-state index is 13.7. The Hall–Kier alpha value is -4.57. The number of benzene rings is 3. The molecule has 1 aliphatic rings. The number of alkyl carbamates (subject to hydrolysis) is 1. The molecule has 0 saturated carbocycles. The number of hydrogen-bond acceptors (Lipinski definition) is 6. The summed E-state index contributed by atoms with van der Waals surface area (Å²) in [6.07, 6.45) is -0.489. The lowest BCUT2D eigenvalue weighted by molar-refractivity contribution is -0.133. The Balaban J connectivity index is 1.45. The van der Waals surface area contributed by atoms with E-state index in [2.05, 4.69) is 16.0 Å². The van der Waals surface area contributed by atoms with E-state index in [1.807, 2.05) is 48.5 Å². The Labute approximate surface area is 250 Å². The van der Waals surface area contributed by atoms with Gasteiger partial charge in [0.05, 0.1) is 12.6 Å². The lowest BCUT2D eigenvalue weighted by Gasteiger charge is -2.25. The Morgan fingerprint density at radius 2 is 1.28 bits per heavy atom. The molecule has 9 nitrogen and oxygen atoms in total. The van der Waals surface area contributed by atoms with E-state index in [0.29, 0.717) is 11.1 Å². The van der Waals surface area contributed by atoms with Gasteiger partial charge >= 0.3 is 6.09 Å².